The fraction of sp³-hybridized carbons (Fsp3) is 0.364. The van der Waals surface area contributed by atoms with E-state index >= 15 is 0 Å². The number of amides is 1. The number of nitrogen functional groups attached to an aromatic ring is 1. The second-order valence-electron chi connectivity index (χ2n) is 3.41. The Morgan fingerprint density at radius 2 is 2.28 bits per heavy atom. The zero-order chi connectivity index (χ0) is 13.5. The summed E-state index contributed by atoms with van der Waals surface area (Å²) in [6.07, 6.45) is 1.42. The molecule has 1 amide bonds. The van der Waals surface area contributed by atoms with Crippen molar-refractivity contribution in [2.45, 2.75) is 13.3 Å². The van der Waals surface area contributed by atoms with Gasteiger partial charge in [0.25, 0.3) is 5.91 Å². The summed E-state index contributed by atoms with van der Waals surface area (Å²) in [5.74, 6) is -0.764. The quantitative estimate of drug-likeness (QED) is 0.615. The molecule has 0 spiro atoms. The Morgan fingerprint density at radius 1 is 1.56 bits per heavy atom. The van der Waals surface area contributed by atoms with Crippen LogP contribution in [-0.2, 0) is 9.53 Å². The van der Waals surface area contributed by atoms with Crippen LogP contribution in [0.3, 0.4) is 0 Å². The van der Waals surface area contributed by atoms with Gasteiger partial charge in [-0.2, -0.15) is 0 Å². The molecule has 3 N–H and O–H groups in total. The van der Waals surface area contributed by atoms with Gasteiger partial charge in [0, 0.05) is 6.54 Å². The number of carbonyl (C=O) groups is 2. The van der Waals surface area contributed by atoms with E-state index in [1.165, 1.54) is 12.3 Å². The molecule has 0 fully saturated rings. The molecular weight excluding hydrogens is 258 g/mol. The lowest BCUT2D eigenvalue weighted by atomic mass is 10.2. The van der Waals surface area contributed by atoms with Gasteiger partial charge in [0.15, 0.2) is 0 Å². The number of rotatable bonds is 5. The predicted molar refractivity (Wildman–Crippen MR) is 67.2 cm³/mol. The molecule has 98 valence electrons. The molecule has 1 aromatic rings. The third-order valence-electron chi connectivity index (χ3n) is 2.07. The molecule has 1 aromatic heterocycles. The zero-order valence-corrected chi connectivity index (χ0v) is 10.7. The molecular formula is C11H14ClN3O3. The van der Waals surface area contributed by atoms with Gasteiger partial charge in [-0.25, -0.2) is 4.98 Å². The summed E-state index contributed by atoms with van der Waals surface area (Å²) < 4.78 is 4.73. The van der Waals surface area contributed by atoms with Gasteiger partial charge < -0.3 is 15.8 Å². The van der Waals surface area contributed by atoms with Crippen molar-refractivity contribution in [2.75, 3.05) is 18.9 Å². The smallest absolute Gasteiger partial charge is 0.307 e. The summed E-state index contributed by atoms with van der Waals surface area (Å²) in [5.41, 5.74) is 6.06. The third kappa shape index (κ3) is 4.21. The number of hydrogen-bond acceptors (Lipinski definition) is 5. The Kier molecular flexibility index (Phi) is 5.38. The Hall–Kier alpha value is -1.82. The van der Waals surface area contributed by atoms with Crippen molar-refractivity contribution >= 4 is 29.2 Å². The van der Waals surface area contributed by atoms with Crippen molar-refractivity contribution in [3.63, 3.8) is 0 Å². The number of aromatic nitrogens is 1. The molecule has 0 unspecified atom stereocenters. The number of hydrogen-bond donors (Lipinski definition) is 2. The lowest BCUT2D eigenvalue weighted by Gasteiger charge is -2.07. The number of ether oxygens (including phenoxy) is 1. The third-order valence-corrected chi connectivity index (χ3v) is 2.27. The van der Waals surface area contributed by atoms with Crippen LogP contribution in [0.15, 0.2) is 12.3 Å². The fourth-order valence-electron chi connectivity index (χ4n) is 1.24. The lowest BCUT2D eigenvalue weighted by molar-refractivity contribution is -0.142. The summed E-state index contributed by atoms with van der Waals surface area (Å²) in [6.45, 7) is 2.22. The predicted octanol–water partition coefficient (Wildman–Crippen LogP) is 1.00. The first-order valence-corrected chi connectivity index (χ1v) is 5.77. The Morgan fingerprint density at radius 3 is 2.94 bits per heavy atom. The number of pyridine rings is 1. The lowest BCUT2D eigenvalue weighted by Crippen LogP contribution is -2.27. The van der Waals surface area contributed by atoms with Gasteiger partial charge >= 0.3 is 5.97 Å². The van der Waals surface area contributed by atoms with Gasteiger partial charge in [-0.3, -0.25) is 9.59 Å². The van der Waals surface area contributed by atoms with Crippen LogP contribution in [-0.4, -0.2) is 30.0 Å². The Labute approximate surface area is 109 Å². The molecule has 7 heteroatoms. The van der Waals surface area contributed by atoms with E-state index < -0.39 is 5.91 Å². The highest BCUT2D eigenvalue weighted by atomic mass is 35.5. The molecule has 0 radical (unpaired) electrons. The van der Waals surface area contributed by atoms with E-state index in [2.05, 4.69) is 10.3 Å². The Bertz CT molecular complexity index is 451. The van der Waals surface area contributed by atoms with Crippen molar-refractivity contribution in [3.8, 4) is 0 Å². The van der Waals surface area contributed by atoms with E-state index in [9.17, 15) is 9.59 Å². The fourth-order valence-corrected chi connectivity index (χ4v) is 1.40. The second-order valence-corrected chi connectivity index (χ2v) is 3.79. The van der Waals surface area contributed by atoms with E-state index in [0.29, 0.717) is 6.61 Å². The minimum Gasteiger partial charge on any atom is -0.466 e. The van der Waals surface area contributed by atoms with E-state index in [1.807, 2.05) is 0 Å². The topological polar surface area (TPSA) is 94.3 Å². The summed E-state index contributed by atoms with van der Waals surface area (Å²) >= 11 is 5.67. The summed E-state index contributed by atoms with van der Waals surface area (Å²) in [4.78, 5) is 26.5. The minimum atomic E-state index is -0.402. The molecule has 0 aromatic carbocycles. The van der Waals surface area contributed by atoms with Crippen molar-refractivity contribution in [3.05, 3.63) is 23.0 Å². The van der Waals surface area contributed by atoms with Crippen LogP contribution >= 0.6 is 11.6 Å². The number of anilines is 1. The van der Waals surface area contributed by atoms with E-state index in [1.54, 1.807) is 6.92 Å². The van der Waals surface area contributed by atoms with Crippen molar-refractivity contribution in [1.29, 1.82) is 0 Å². The number of halogens is 1. The van der Waals surface area contributed by atoms with Gasteiger partial charge in [0.2, 0.25) is 0 Å². The van der Waals surface area contributed by atoms with E-state index in [-0.39, 0.29) is 35.3 Å². The molecule has 0 bridgehead atoms. The monoisotopic (exact) mass is 271 g/mol. The maximum absolute atomic E-state index is 11.7. The Balaban J connectivity index is 2.50. The molecule has 18 heavy (non-hydrogen) atoms. The van der Waals surface area contributed by atoms with Gasteiger partial charge in [-0.05, 0) is 13.0 Å². The van der Waals surface area contributed by atoms with Gasteiger partial charge in [0.05, 0.1) is 30.5 Å². The SMILES string of the molecule is CCOC(=O)CCNC(=O)c1cc(Cl)ncc1N. The van der Waals surface area contributed by atoms with E-state index in [4.69, 9.17) is 22.1 Å². The largest absolute Gasteiger partial charge is 0.466 e. The standard InChI is InChI=1S/C11H14ClN3O3/c1-2-18-10(16)3-4-14-11(17)7-5-9(12)15-6-8(7)13/h5-6H,2-4,13H2,1H3,(H,14,17). The van der Waals surface area contributed by atoms with Gasteiger partial charge in [-0.15, -0.1) is 0 Å². The average molecular weight is 272 g/mol. The molecule has 1 rings (SSSR count). The summed E-state index contributed by atoms with van der Waals surface area (Å²) in [5, 5.41) is 2.73. The van der Waals surface area contributed by atoms with Crippen LogP contribution in [0, 0.1) is 0 Å². The number of nitrogens with one attached hydrogen (secondary N) is 1. The molecule has 0 aliphatic heterocycles. The molecule has 0 atom stereocenters. The average Bonchev–Trinajstić information content (AvgIpc) is 2.32. The number of esters is 1. The number of nitrogens with two attached hydrogens (primary N) is 1. The highest BCUT2D eigenvalue weighted by Crippen LogP contribution is 2.14. The second kappa shape index (κ2) is 6.80. The van der Waals surface area contributed by atoms with Crippen LogP contribution < -0.4 is 11.1 Å². The maximum atomic E-state index is 11.7. The first-order chi connectivity index (χ1) is 8.54. The van der Waals surface area contributed by atoms with Crippen LogP contribution in [0.2, 0.25) is 5.15 Å². The zero-order valence-electron chi connectivity index (χ0n) is 9.90. The van der Waals surface area contributed by atoms with Crippen LogP contribution in [0.25, 0.3) is 0 Å². The van der Waals surface area contributed by atoms with Gasteiger partial charge in [-0.1, -0.05) is 11.6 Å². The van der Waals surface area contributed by atoms with Gasteiger partial charge in [0.1, 0.15) is 5.15 Å². The summed E-state index contributed by atoms with van der Waals surface area (Å²) in [6, 6.07) is 1.37. The van der Waals surface area contributed by atoms with E-state index in [0.717, 1.165) is 0 Å². The first-order valence-electron chi connectivity index (χ1n) is 5.39. The first kappa shape index (κ1) is 14.2. The number of nitrogens with zero attached hydrogens (tertiary/aromatic N) is 1. The van der Waals surface area contributed by atoms with Crippen molar-refractivity contribution < 1.29 is 14.3 Å². The summed E-state index contributed by atoms with van der Waals surface area (Å²) in [7, 11) is 0. The molecule has 0 aliphatic rings. The maximum Gasteiger partial charge on any atom is 0.307 e. The minimum absolute atomic E-state index is 0.109. The van der Waals surface area contributed by atoms with Crippen molar-refractivity contribution in [1.82, 2.24) is 10.3 Å². The number of carbonyl (C=O) groups excluding carboxylic acids is 2. The van der Waals surface area contributed by atoms with Crippen LogP contribution in [0.1, 0.15) is 23.7 Å². The highest BCUT2D eigenvalue weighted by molar-refractivity contribution is 6.29. The van der Waals surface area contributed by atoms with Crippen LogP contribution in [0.4, 0.5) is 5.69 Å². The highest BCUT2D eigenvalue weighted by Gasteiger charge is 2.11. The molecule has 0 saturated carbocycles. The van der Waals surface area contributed by atoms with Crippen molar-refractivity contribution in [2.24, 2.45) is 0 Å². The molecule has 0 aliphatic carbocycles. The molecule has 0 saturated heterocycles. The van der Waals surface area contributed by atoms with Crippen LogP contribution in [0.5, 0.6) is 0 Å². The normalized spacial score (nSPS) is 9.89. The molecule has 1 heterocycles. The molecule has 6 nitrogen and oxygen atoms in total.